The van der Waals surface area contributed by atoms with Crippen molar-refractivity contribution < 1.29 is 4.79 Å². The molecule has 1 aliphatic carbocycles. The third kappa shape index (κ3) is 3.86. The predicted octanol–water partition coefficient (Wildman–Crippen LogP) is 1.05. The topological polar surface area (TPSA) is 135 Å². The lowest BCUT2D eigenvalue weighted by Crippen LogP contribution is -2.57. The quantitative estimate of drug-likeness (QED) is 0.447. The molecular formula is C20H28N8O. The highest BCUT2D eigenvalue weighted by molar-refractivity contribution is 5.97. The number of guanidine groups is 1. The van der Waals surface area contributed by atoms with E-state index in [0.29, 0.717) is 11.8 Å². The first-order chi connectivity index (χ1) is 14.1. The molecule has 8 N–H and O–H groups in total. The number of hydrogen-bond acceptors (Lipinski definition) is 7. The van der Waals surface area contributed by atoms with Crippen LogP contribution in [0.2, 0.25) is 0 Å². The zero-order chi connectivity index (χ0) is 20.4. The molecule has 1 aromatic carbocycles. The highest BCUT2D eigenvalue weighted by Crippen LogP contribution is 2.26. The maximum Gasteiger partial charge on any atom is 0.270 e. The summed E-state index contributed by atoms with van der Waals surface area (Å²) >= 11 is 0. The number of aromatic nitrogens is 1. The predicted molar refractivity (Wildman–Crippen MR) is 115 cm³/mol. The highest BCUT2D eigenvalue weighted by Gasteiger charge is 2.25. The number of nitrogens with two attached hydrogens (primary N) is 2. The SMILES string of the molecule is CCn1ccc2c(NC3=C(C(N)=O)NNC(N[C@@H]4CCCC[C@@H]4N)=N3)cccc21. The number of hydrogen-bond donors (Lipinski definition) is 6. The van der Waals surface area contributed by atoms with E-state index >= 15 is 0 Å². The number of fused-ring (bicyclic) bond motifs is 1. The minimum atomic E-state index is -0.601. The van der Waals surface area contributed by atoms with Crippen LogP contribution < -0.4 is 33.0 Å². The van der Waals surface area contributed by atoms with E-state index in [0.717, 1.165) is 48.8 Å². The Labute approximate surface area is 169 Å². The monoisotopic (exact) mass is 396 g/mol. The van der Waals surface area contributed by atoms with Gasteiger partial charge in [-0.1, -0.05) is 18.9 Å². The third-order valence-electron chi connectivity index (χ3n) is 5.56. The number of carbonyl (C=O) groups excluding carboxylic acids is 1. The molecule has 2 aromatic rings. The number of rotatable bonds is 5. The van der Waals surface area contributed by atoms with Crippen molar-refractivity contribution in [3.63, 3.8) is 0 Å². The van der Waals surface area contributed by atoms with Crippen molar-refractivity contribution in [1.82, 2.24) is 20.7 Å². The number of anilines is 1. The standard InChI is InChI=1S/C20H28N8O/c1-2-28-11-10-12-14(8-5-9-16(12)28)23-19-17(18(22)29)26-27-20(25-19)24-15-7-4-3-6-13(15)21/h5,8-11,13,15,23,26H,2-4,6-7,21H2,1H3,(H2,22,29)(H2,24,25,27)/t13-,15+/m0/s1. The molecule has 2 heterocycles. The van der Waals surface area contributed by atoms with Gasteiger partial charge < -0.3 is 26.7 Å². The second kappa shape index (κ2) is 8.04. The third-order valence-corrected chi connectivity index (χ3v) is 5.56. The first-order valence-corrected chi connectivity index (χ1v) is 10.1. The second-order valence-electron chi connectivity index (χ2n) is 7.46. The fourth-order valence-corrected chi connectivity index (χ4v) is 3.96. The van der Waals surface area contributed by atoms with Crippen LogP contribution in [-0.4, -0.2) is 28.5 Å². The molecule has 29 heavy (non-hydrogen) atoms. The number of aryl methyl sites for hydroxylation is 1. The van der Waals surface area contributed by atoms with Gasteiger partial charge in [0.15, 0.2) is 11.5 Å². The van der Waals surface area contributed by atoms with E-state index in [1.54, 1.807) is 0 Å². The van der Waals surface area contributed by atoms with E-state index in [4.69, 9.17) is 11.5 Å². The number of amides is 1. The van der Waals surface area contributed by atoms with Crippen LogP contribution in [0.5, 0.6) is 0 Å². The number of primary amides is 1. The first kappa shape index (κ1) is 19.1. The molecule has 1 saturated carbocycles. The van der Waals surface area contributed by atoms with Crippen LogP contribution >= 0.6 is 0 Å². The van der Waals surface area contributed by atoms with Gasteiger partial charge >= 0.3 is 0 Å². The van der Waals surface area contributed by atoms with Crippen molar-refractivity contribution >= 4 is 28.5 Å². The lowest BCUT2D eigenvalue weighted by Gasteiger charge is -2.32. The van der Waals surface area contributed by atoms with Gasteiger partial charge in [0, 0.05) is 35.9 Å². The summed E-state index contributed by atoms with van der Waals surface area (Å²) in [6, 6.07) is 8.25. The largest absolute Gasteiger partial charge is 0.364 e. The average Bonchev–Trinajstić information content (AvgIpc) is 3.14. The fraction of sp³-hybridized carbons (Fsp3) is 0.400. The van der Waals surface area contributed by atoms with Crippen molar-refractivity contribution in [1.29, 1.82) is 0 Å². The summed E-state index contributed by atoms with van der Waals surface area (Å²) in [5, 5.41) is 7.67. The van der Waals surface area contributed by atoms with Gasteiger partial charge in [-0.05, 0) is 38.0 Å². The number of hydrazine groups is 1. The van der Waals surface area contributed by atoms with E-state index in [1.807, 2.05) is 24.4 Å². The van der Waals surface area contributed by atoms with Crippen LogP contribution in [-0.2, 0) is 11.3 Å². The van der Waals surface area contributed by atoms with E-state index < -0.39 is 5.91 Å². The van der Waals surface area contributed by atoms with Crippen LogP contribution in [0.4, 0.5) is 5.69 Å². The summed E-state index contributed by atoms with van der Waals surface area (Å²) in [4.78, 5) is 16.5. The minimum Gasteiger partial charge on any atom is -0.364 e. The lowest BCUT2D eigenvalue weighted by molar-refractivity contribution is -0.115. The van der Waals surface area contributed by atoms with E-state index in [-0.39, 0.29) is 17.8 Å². The molecule has 154 valence electrons. The average molecular weight is 396 g/mol. The maximum absolute atomic E-state index is 11.9. The van der Waals surface area contributed by atoms with Crippen LogP contribution in [0.25, 0.3) is 10.9 Å². The number of nitrogens with one attached hydrogen (secondary N) is 4. The van der Waals surface area contributed by atoms with Gasteiger partial charge in [-0.15, -0.1) is 0 Å². The molecule has 0 saturated heterocycles. The Bertz CT molecular complexity index is 976. The van der Waals surface area contributed by atoms with Gasteiger partial charge in [-0.25, -0.2) is 0 Å². The summed E-state index contributed by atoms with van der Waals surface area (Å²) < 4.78 is 2.16. The molecule has 9 heteroatoms. The number of aliphatic imine (C=N–C) groups is 1. The Morgan fingerprint density at radius 2 is 2.10 bits per heavy atom. The van der Waals surface area contributed by atoms with Crippen LogP contribution in [0.15, 0.2) is 47.0 Å². The smallest absolute Gasteiger partial charge is 0.270 e. The van der Waals surface area contributed by atoms with Gasteiger partial charge in [0.05, 0.1) is 5.52 Å². The molecule has 1 aromatic heterocycles. The molecular weight excluding hydrogens is 368 g/mol. The Morgan fingerprint density at radius 1 is 1.28 bits per heavy atom. The molecule has 1 amide bonds. The maximum atomic E-state index is 11.9. The van der Waals surface area contributed by atoms with Gasteiger partial charge in [-0.3, -0.25) is 15.6 Å². The van der Waals surface area contributed by atoms with Gasteiger partial charge in [0.2, 0.25) is 5.96 Å². The number of nitrogens with zero attached hydrogens (tertiary/aromatic N) is 2. The van der Waals surface area contributed by atoms with Gasteiger partial charge in [0.25, 0.3) is 5.91 Å². The molecule has 2 aliphatic rings. The fourth-order valence-electron chi connectivity index (χ4n) is 3.96. The molecule has 9 nitrogen and oxygen atoms in total. The second-order valence-corrected chi connectivity index (χ2v) is 7.46. The number of benzene rings is 1. The summed E-state index contributed by atoms with van der Waals surface area (Å²) in [6.07, 6.45) is 6.30. The van der Waals surface area contributed by atoms with Gasteiger partial charge in [0.1, 0.15) is 0 Å². The lowest BCUT2D eigenvalue weighted by atomic mass is 9.91. The van der Waals surface area contributed by atoms with Gasteiger partial charge in [-0.2, -0.15) is 4.99 Å². The van der Waals surface area contributed by atoms with Crippen LogP contribution in [0.3, 0.4) is 0 Å². The first-order valence-electron chi connectivity index (χ1n) is 10.1. The molecule has 1 aliphatic heterocycles. The zero-order valence-electron chi connectivity index (χ0n) is 16.5. The summed E-state index contributed by atoms with van der Waals surface area (Å²) in [5.41, 5.74) is 19.7. The molecule has 0 radical (unpaired) electrons. The summed E-state index contributed by atoms with van der Waals surface area (Å²) in [6.45, 7) is 2.98. The van der Waals surface area contributed by atoms with Crippen molar-refractivity contribution in [2.45, 2.75) is 51.2 Å². The Kier molecular flexibility index (Phi) is 5.30. The molecule has 1 fully saturated rings. The normalized spacial score (nSPS) is 21.9. The summed E-state index contributed by atoms with van der Waals surface area (Å²) in [7, 11) is 0. The van der Waals surface area contributed by atoms with E-state index in [9.17, 15) is 4.79 Å². The molecule has 0 unspecified atom stereocenters. The van der Waals surface area contributed by atoms with E-state index in [1.165, 1.54) is 0 Å². The minimum absolute atomic E-state index is 0.0775. The molecule has 2 atom stereocenters. The summed E-state index contributed by atoms with van der Waals surface area (Å²) in [5.74, 6) is 0.272. The van der Waals surface area contributed by atoms with Crippen LogP contribution in [0.1, 0.15) is 32.6 Å². The number of carbonyl (C=O) groups is 1. The van der Waals surface area contributed by atoms with Crippen molar-refractivity contribution in [2.75, 3.05) is 5.32 Å². The molecule has 0 bridgehead atoms. The highest BCUT2D eigenvalue weighted by atomic mass is 16.1. The molecule has 4 rings (SSSR count). The Hall–Kier alpha value is -3.20. The Morgan fingerprint density at radius 3 is 2.86 bits per heavy atom. The van der Waals surface area contributed by atoms with E-state index in [2.05, 4.69) is 44.0 Å². The van der Waals surface area contributed by atoms with Crippen molar-refractivity contribution in [2.24, 2.45) is 16.5 Å². The van der Waals surface area contributed by atoms with Crippen molar-refractivity contribution in [3.05, 3.63) is 42.0 Å². The Balaban J connectivity index is 1.63. The molecule has 0 spiro atoms. The zero-order valence-corrected chi connectivity index (χ0v) is 16.5. The van der Waals surface area contributed by atoms with Crippen LogP contribution in [0, 0.1) is 0 Å². The van der Waals surface area contributed by atoms with Crippen molar-refractivity contribution in [3.8, 4) is 0 Å².